The van der Waals surface area contributed by atoms with Gasteiger partial charge in [-0.15, -0.1) is 11.3 Å². The number of likely N-dealkylation sites (N-methyl/N-ethyl adjacent to an activating group) is 1. The van der Waals surface area contributed by atoms with Crippen molar-refractivity contribution in [2.24, 2.45) is 0 Å². The summed E-state index contributed by atoms with van der Waals surface area (Å²) < 4.78 is 0. The van der Waals surface area contributed by atoms with Crippen LogP contribution in [0.5, 0.6) is 0 Å². The average molecular weight is 274 g/mol. The first-order valence-corrected chi connectivity index (χ1v) is 7.05. The fourth-order valence-electron chi connectivity index (χ4n) is 2.00. The van der Waals surface area contributed by atoms with E-state index < -0.39 is 0 Å². The summed E-state index contributed by atoms with van der Waals surface area (Å²) >= 11 is 1.63. The number of nitrogen functional groups attached to an aromatic ring is 1. The van der Waals surface area contributed by atoms with Crippen LogP contribution in [-0.4, -0.2) is 24.9 Å². The molecule has 1 atom stereocenters. The largest absolute Gasteiger partial charge is 0.399 e. The SMILES string of the molecule is CN(C)C(=O)C(Cc1ccc(N)cc1)c1cccs1. The van der Waals surface area contributed by atoms with Crippen molar-refractivity contribution in [3.8, 4) is 0 Å². The highest BCUT2D eigenvalue weighted by atomic mass is 32.1. The highest BCUT2D eigenvalue weighted by Crippen LogP contribution is 2.27. The molecule has 4 heteroatoms. The summed E-state index contributed by atoms with van der Waals surface area (Å²) in [5, 5.41) is 2.01. The van der Waals surface area contributed by atoms with Gasteiger partial charge in [0.05, 0.1) is 5.92 Å². The summed E-state index contributed by atoms with van der Waals surface area (Å²) in [6.45, 7) is 0. The Labute approximate surface area is 117 Å². The lowest BCUT2D eigenvalue weighted by molar-refractivity contribution is -0.130. The molecule has 0 aliphatic heterocycles. The van der Waals surface area contributed by atoms with Crippen LogP contribution in [0.15, 0.2) is 41.8 Å². The van der Waals surface area contributed by atoms with Crippen LogP contribution in [0.3, 0.4) is 0 Å². The van der Waals surface area contributed by atoms with E-state index in [-0.39, 0.29) is 11.8 Å². The number of thiophene rings is 1. The molecular formula is C15H18N2OS. The second-order valence-corrected chi connectivity index (χ2v) is 5.73. The van der Waals surface area contributed by atoms with E-state index in [9.17, 15) is 4.79 Å². The van der Waals surface area contributed by atoms with E-state index in [0.717, 1.165) is 16.1 Å². The fourth-order valence-corrected chi connectivity index (χ4v) is 2.82. The number of anilines is 1. The number of carbonyl (C=O) groups is 1. The summed E-state index contributed by atoms with van der Waals surface area (Å²) in [4.78, 5) is 15.1. The maximum Gasteiger partial charge on any atom is 0.230 e. The van der Waals surface area contributed by atoms with Crippen LogP contribution in [0.1, 0.15) is 16.4 Å². The van der Waals surface area contributed by atoms with Gasteiger partial charge in [-0.1, -0.05) is 18.2 Å². The van der Waals surface area contributed by atoms with E-state index in [1.54, 1.807) is 30.3 Å². The number of nitrogens with two attached hydrogens (primary N) is 1. The molecule has 2 aromatic rings. The Hall–Kier alpha value is -1.81. The monoisotopic (exact) mass is 274 g/mol. The maximum atomic E-state index is 12.3. The summed E-state index contributed by atoms with van der Waals surface area (Å²) in [5.74, 6) is 0.0258. The zero-order chi connectivity index (χ0) is 13.8. The molecule has 0 spiro atoms. The van der Waals surface area contributed by atoms with Crippen molar-refractivity contribution in [1.29, 1.82) is 0 Å². The molecule has 0 bridgehead atoms. The summed E-state index contributed by atoms with van der Waals surface area (Å²) in [5.41, 5.74) is 7.56. The third kappa shape index (κ3) is 3.35. The molecule has 0 saturated heterocycles. The molecule has 1 aromatic carbocycles. The standard InChI is InChI=1S/C15H18N2OS/c1-17(2)15(18)13(14-4-3-9-19-14)10-11-5-7-12(16)8-6-11/h3-9,13H,10,16H2,1-2H3. The van der Waals surface area contributed by atoms with Gasteiger partial charge in [0.25, 0.3) is 0 Å². The molecule has 0 aliphatic rings. The molecule has 1 heterocycles. The van der Waals surface area contributed by atoms with E-state index in [2.05, 4.69) is 0 Å². The van der Waals surface area contributed by atoms with Gasteiger partial charge in [-0.2, -0.15) is 0 Å². The number of carbonyl (C=O) groups excluding carboxylic acids is 1. The van der Waals surface area contributed by atoms with Gasteiger partial charge in [-0.25, -0.2) is 0 Å². The quantitative estimate of drug-likeness (QED) is 0.871. The molecule has 1 aromatic heterocycles. The topological polar surface area (TPSA) is 46.3 Å². The van der Waals surface area contributed by atoms with Crippen molar-refractivity contribution in [2.45, 2.75) is 12.3 Å². The van der Waals surface area contributed by atoms with Gasteiger partial charge >= 0.3 is 0 Å². The van der Waals surface area contributed by atoms with E-state index in [1.165, 1.54) is 0 Å². The molecule has 100 valence electrons. The second kappa shape index (κ2) is 5.89. The zero-order valence-corrected chi connectivity index (χ0v) is 12.0. The molecular weight excluding hydrogens is 256 g/mol. The van der Waals surface area contributed by atoms with Gasteiger partial charge < -0.3 is 10.6 Å². The molecule has 0 saturated carbocycles. The summed E-state index contributed by atoms with van der Waals surface area (Å²) in [6.07, 6.45) is 0.706. The van der Waals surface area contributed by atoms with Crippen LogP contribution in [0.2, 0.25) is 0 Å². The Balaban J connectivity index is 2.23. The molecule has 2 N–H and O–H groups in total. The zero-order valence-electron chi connectivity index (χ0n) is 11.2. The molecule has 1 unspecified atom stereocenters. The van der Waals surface area contributed by atoms with Crippen LogP contribution in [0.25, 0.3) is 0 Å². The summed E-state index contributed by atoms with van der Waals surface area (Å²) in [7, 11) is 3.60. The number of nitrogens with zero attached hydrogens (tertiary/aromatic N) is 1. The van der Waals surface area contributed by atoms with Crippen molar-refractivity contribution in [1.82, 2.24) is 4.90 Å². The maximum absolute atomic E-state index is 12.3. The van der Waals surface area contributed by atoms with Gasteiger partial charge in [0.1, 0.15) is 0 Å². The number of benzene rings is 1. The summed E-state index contributed by atoms with van der Waals surface area (Å²) in [6, 6.07) is 11.7. The lowest BCUT2D eigenvalue weighted by Crippen LogP contribution is -2.29. The van der Waals surface area contributed by atoms with E-state index in [1.807, 2.05) is 41.8 Å². The van der Waals surface area contributed by atoms with Gasteiger partial charge in [0.15, 0.2) is 0 Å². The minimum Gasteiger partial charge on any atom is -0.399 e. The third-order valence-electron chi connectivity index (χ3n) is 3.05. The molecule has 0 radical (unpaired) electrons. The first-order chi connectivity index (χ1) is 9.08. The van der Waals surface area contributed by atoms with Gasteiger partial charge in [0.2, 0.25) is 5.91 Å². The lowest BCUT2D eigenvalue weighted by atomic mass is 9.96. The molecule has 1 amide bonds. The normalized spacial score (nSPS) is 12.1. The number of rotatable bonds is 4. The van der Waals surface area contributed by atoms with Gasteiger partial charge in [-0.3, -0.25) is 4.79 Å². The number of hydrogen-bond donors (Lipinski definition) is 1. The fraction of sp³-hybridized carbons (Fsp3) is 0.267. The van der Waals surface area contributed by atoms with Crippen molar-refractivity contribution in [2.75, 3.05) is 19.8 Å². The predicted molar refractivity (Wildman–Crippen MR) is 80.3 cm³/mol. The predicted octanol–water partition coefficient (Wildman–Crippen LogP) is 2.74. The minimum absolute atomic E-state index is 0.112. The highest BCUT2D eigenvalue weighted by molar-refractivity contribution is 7.10. The first kappa shape index (κ1) is 13.6. The van der Waals surface area contributed by atoms with Crippen molar-refractivity contribution >= 4 is 22.9 Å². The van der Waals surface area contributed by atoms with Crippen LogP contribution in [0.4, 0.5) is 5.69 Å². The van der Waals surface area contributed by atoms with Crippen LogP contribution in [0, 0.1) is 0 Å². The van der Waals surface area contributed by atoms with E-state index in [0.29, 0.717) is 6.42 Å². The van der Waals surface area contributed by atoms with Gasteiger partial charge in [0, 0.05) is 24.7 Å². The first-order valence-electron chi connectivity index (χ1n) is 6.17. The Morgan fingerprint density at radius 3 is 2.47 bits per heavy atom. The lowest BCUT2D eigenvalue weighted by Gasteiger charge is -2.19. The van der Waals surface area contributed by atoms with Crippen molar-refractivity contribution in [3.05, 3.63) is 52.2 Å². The van der Waals surface area contributed by atoms with Gasteiger partial charge in [-0.05, 0) is 35.6 Å². The molecule has 19 heavy (non-hydrogen) atoms. The minimum atomic E-state index is -0.112. The number of hydrogen-bond acceptors (Lipinski definition) is 3. The van der Waals surface area contributed by atoms with E-state index in [4.69, 9.17) is 5.73 Å². The Morgan fingerprint density at radius 2 is 1.95 bits per heavy atom. The molecule has 0 fully saturated rings. The Morgan fingerprint density at radius 1 is 1.26 bits per heavy atom. The smallest absolute Gasteiger partial charge is 0.230 e. The average Bonchev–Trinajstić information content (AvgIpc) is 2.91. The van der Waals surface area contributed by atoms with Crippen molar-refractivity contribution in [3.63, 3.8) is 0 Å². The Bertz CT molecular complexity index is 532. The molecule has 3 nitrogen and oxygen atoms in total. The van der Waals surface area contributed by atoms with Crippen LogP contribution in [-0.2, 0) is 11.2 Å². The number of amides is 1. The van der Waals surface area contributed by atoms with E-state index >= 15 is 0 Å². The Kier molecular flexibility index (Phi) is 4.22. The van der Waals surface area contributed by atoms with Crippen LogP contribution >= 0.6 is 11.3 Å². The third-order valence-corrected chi connectivity index (χ3v) is 4.03. The molecule has 0 aliphatic carbocycles. The van der Waals surface area contributed by atoms with Crippen molar-refractivity contribution < 1.29 is 4.79 Å². The second-order valence-electron chi connectivity index (χ2n) is 4.75. The highest BCUT2D eigenvalue weighted by Gasteiger charge is 2.23. The molecule has 2 rings (SSSR count). The van der Waals surface area contributed by atoms with Crippen LogP contribution < -0.4 is 5.73 Å².